The van der Waals surface area contributed by atoms with Crippen molar-refractivity contribution in [3.63, 3.8) is 0 Å². The van der Waals surface area contributed by atoms with Gasteiger partial charge >= 0.3 is 0 Å². The van der Waals surface area contributed by atoms with E-state index in [1.165, 1.54) is 30.7 Å². The van der Waals surface area contributed by atoms with Crippen LogP contribution in [-0.4, -0.2) is 28.2 Å². The van der Waals surface area contributed by atoms with Gasteiger partial charge < -0.3 is 4.74 Å². The summed E-state index contributed by atoms with van der Waals surface area (Å²) in [6.45, 7) is 3.52. The van der Waals surface area contributed by atoms with Crippen molar-refractivity contribution in [1.82, 2.24) is 15.2 Å². The van der Waals surface area contributed by atoms with E-state index in [1.807, 2.05) is 0 Å². The molecular formula is C17H14ClFN4O2S. The molecular weight excluding hydrogens is 379 g/mol. The van der Waals surface area contributed by atoms with Crippen molar-refractivity contribution in [3.05, 3.63) is 51.5 Å². The van der Waals surface area contributed by atoms with Gasteiger partial charge in [0, 0.05) is 17.5 Å². The number of hydrogen-bond acceptors (Lipinski definition) is 6. The zero-order valence-corrected chi connectivity index (χ0v) is 15.7. The summed E-state index contributed by atoms with van der Waals surface area (Å²) >= 11 is 7.17. The highest BCUT2D eigenvalue weighted by Crippen LogP contribution is 2.38. The van der Waals surface area contributed by atoms with Crippen LogP contribution in [0.1, 0.15) is 21.1 Å². The third-order valence-corrected chi connectivity index (χ3v) is 4.62. The quantitative estimate of drug-likeness (QED) is 0.717. The monoisotopic (exact) mass is 392 g/mol. The lowest BCUT2D eigenvalue weighted by atomic mass is 9.98. The summed E-state index contributed by atoms with van der Waals surface area (Å²) in [4.78, 5) is 16.9. The van der Waals surface area contributed by atoms with Crippen LogP contribution in [0.15, 0.2) is 24.4 Å². The van der Waals surface area contributed by atoms with E-state index in [-0.39, 0.29) is 21.9 Å². The first kappa shape index (κ1) is 18.2. The molecule has 0 aliphatic rings. The second-order valence-electron chi connectivity index (χ2n) is 5.39. The van der Waals surface area contributed by atoms with Gasteiger partial charge in [-0.1, -0.05) is 22.9 Å². The third kappa shape index (κ3) is 3.51. The van der Waals surface area contributed by atoms with E-state index in [1.54, 1.807) is 26.0 Å². The van der Waals surface area contributed by atoms with Gasteiger partial charge in [0.25, 0.3) is 5.91 Å². The molecule has 2 aromatic heterocycles. The minimum absolute atomic E-state index is 0.0682. The summed E-state index contributed by atoms with van der Waals surface area (Å²) < 4.78 is 20.0. The zero-order chi connectivity index (χ0) is 18.8. The first-order valence-electron chi connectivity index (χ1n) is 7.51. The van der Waals surface area contributed by atoms with Crippen LogP contribution in [0.2, 0.25) is 5.02 Å². The number of ether oxygens (including phenoxy) is 1. The molecule has 3 aromatic rings. The predicted octanol–water partition coefficient (Wildman–Crippen LogP) is 4.27. The second kappa shape index (κ2) is 7.35. The minimum atomic E-state index is -0.669. The van der Waals surface area contributed by atoms with Gasteiger partial charge in [-0.25, -0.2) is 4.39 Å². The standard InChI is InChI=1S/C17H14ClFN4O2S/c1-8-6-10(14-13(25-3)5-4-12(18)15(14)19)11(7-20-8)16(24)21-17-23-22-9(2)26-17/h4-7H,1-3H3,(H,21,23,24). The fraction of sp³-hybridized carbons (Fsp3) is 0.176. The maximum Gasteiger partial charge on any atom is 0.259 e. The van der Waals surface area contributed by atoms with Crippen LogP contribution in [0, 0.1) is 19.7 Å². The Morgan fingerprint density at radius 3 is 2.73 bits per heavy atom. The first-order valence-corrected chi connectivity index (χ1v) is 8.70. The van der Waals surface area contributed by atoms with Crippen molar-refractivity contribution in [2.45, 2.75) is 13.8 Å². The van der Waals surface area contributed by atoms with Crippen molar-refractivity contribution in [2.24, 2.45) is 0 Å². The minimum Gasteiger partial charge on any atom is -0.496 e. The molecule has 0 bridgehead atoms. The molecule has 0 spiro atoms. The van der Waals surface area contributed by atoms with Crippen molar-refractivity contribution in [3.8, 4) is 16.9 Å². The molecule has 0 unspecified atom stereocenters. The highest BCUT2D eigenvalue weighted by Gasteiger charge is 2.22. The van der Waals surface area contributed by atoms with E-state index in [0.29, 0.717) is 21.4 Å². The summed E-state index contributed by atoms with van der Waals surface area (Å²) in [6, 6.07) is 4.56. The van der Waals surface area contributed by atoms with Gasteiger partial charge in [-0.2, -0.15) is 0 Å². The van der Waals surface area contributed by atoms with E-state index in [4.69, 9.17) is 16.3 Å². The topological polar surface area (TPSA) is 77.0 Å². The fourth-order valence-electron chi connectivity index (χ4n) is 2.41. The van der Waals surface area contributed by atoms with Crippen LogP contribution in [0.4, 0.5) is 9.52 Å². The van der Waals surface area contributed by atoms with Crippen LogP contribution < -0.4 is 10.1 Å². The molecule has 0 saturated carbocycles. The molecule has 0 saturated heterocycles. The molecule has 1 N–H and O–H groups in total. The first-order chi connectivity index (χ1) is 12.4. The second-order valence-corrected chi connectivity index (χ2v) is 6.98. The summed E-state index contributed by atoms with van der Waals surface area (Å²) in [6.07, 6.45) is 1.38. The molecule has 0 atom stereocenters. The van der Waals surface area contributed by atoms with E-state index in [9.17, 15) is 9.18 Å². The number of nitrogens with one attached hydrogen (secondary N) is 1. The van der Waals surface area contributed by atoms with Crippen molar-refractivity contribution in [1.29, 1.82) is 0 Å². The Morgan fingerprint density at radius 1 is 1.31 bits per heavy atom. The van der Waals surface area contributed by atoms with E-state index in [2.05, 4.69) is 20.5 Å². The summed E-state index contributed by atoms with van der Waals surface area (Å²) in [7, 11) is 1.42. The number of carbonyl (C=O) groups excluding carboxylic acids is 1. The number of pyridine rings is 1. The van der Waals surface area contributed by atoms with Crippen LogP contribution in [0.5, 0.6) is 5.75 Å². The lowest BCUT2D eigenvalue weighted by molar-refractivity contribution is 0.102. The number of aryl methyl sites for hydroxylation is 2. The molecule has 9 heteroatoms. The highest BCUT2D eigenvalue weighted by molar-refractivity contribution is 7.15. The molecule has 0 aliphatic heterocycles. The molecule has 3 rings (SSSR count). The Labute approximate surface area is 158 Å². The Kier molecular flexibility index (Phi) is 5.15. The number of benzene rings is 1. The van der Waals surface area contributed by atoms with Gasteiger partial charge in [-0.3, -0.25) is 15.1 Å². The van der Waals surface area contributed by atoms with E-state index < -0.39 is 11.7 Å². The van der Waals surface area contributed by atoms with Gasteiger partial charge in [-0.05, 0) is 32.0 Å². The smallest absolute Gasteiger partial charge is 0.259 e. The number of carbonyl (C=O) groups is 1. The Bertz CT molecular complexity index is 993. The largest absolute Gasteiger partial charge is 0.496 e. The van der Waals surface area contributed by atoms with E-state index >= 15 is 0 Å². The number of amides is 1. The van der Waals surface area contributed by atoms with Crippen LogP contribution in [0.25, 0.3) is 11.1 Å². The number of rotatable bonds is 4. The molecule has 0 aliphatic carbocycles. The summed E-state index contributed by atoms with van der Waals surface area (Å²) in [5.74, 6) is -0.888. The van der Waals surface area contributed by atoms with Gasteiger partial charge in [0.15, 0.2) is 5.82 Å². The van der Waals surface area contributed by atoms with Crippen LogP contribution in [-0.2, 0) is 0 Å². The molecule has 0 radical (unpaired) electrons. The van der Waals surface area contributed by atoms with Gasteiger partial charge in [0.2, 0.25) is 5.13 Å². The molecule has 134 valence electrons. The number of nitrogens with zero attached hydrogens (tertiary/aromatic N) is 3. The lowest BCUT2D eigenvalue weighted by Crippen LogP contribution is -2.14. The third-order valence-electron chi connectivity index (χ3n) is 3.58. The molecule has 0 fully saturated rings. The summed E-state index contributed by atoms with van der Waals surface area (Å²) in [5.41, 5.74) is 1.21. The Balaban J connectivity index is 2.13. The van der Waals surface area contributed by atoms with Crippen LogP contribution >= 0.6 is 22.9 Å². The average molecular weight is 393 g/mol. The highest BCUT2D eigenvalue weighted by atomic mass is 35.5. The molecule has 6 nitrogen and oxygen atoms in total. The maximum atomic E-state index is 14.8. The normalized spacial score (nSPS) is 10.7. The van der Waals surface area contributed by atoms with Crippen molar-refractivity contribution in [2.75, 3.05) is 12.4 Å². The van der Waals surface area contributed by atoms with Gasteiger partial charge in [-0.15, -0.1) is 10.2 Å². The molecule has 26 heavy (non-hydrogen) atoms. The SMILES string of the molecule is COc1ccc(Cl)c(F)c1-c1cc(C)ncc1C(=O)Nc1nnc(C)s1. The Hall–Kier alpha value is -2.58. The molecule has 1 amide bonds. The average Bonchev–Trinajstić information content (AvgIpc) is 3.01. The Morgan fingerprint density at radius 2 is 2.08 bits per heavy atom. The van der Waals surface area contributed by atoms with Gasteiger partial charge in [0.1, 0.15) is 10.8 Å². The number of aromatic nitrogens is 3. The lowest BCUT2D eigenvalue weighted by Gasteiger charge is -2.14. The molecule has 1 aromatic carbocycles. The summed E-state index contributed by atoms with van der Waals surface area (Å²) in [5, 5.41) is 11.4. The number of anilines is 1. The zero-order valence-electron chi connectivity index (χ0n) is 14.1. The van der Waals surface area contributed by atoms with Crippen LogP contribution in [0.3, 0.4) is 0 Å². The molecule has 2 heterocycles. The van der Waals surface area contributed by atoms with Crippen molar-refractivity contribution >= 4 is 34.0 Å². The van der Waals surface area contributed by atoms with E-state index in [0.717, 1.165) is 0 Å². The maximum absolute atomic E-state index is 14.8. The fourth-order valence-corrected chi connectivity index (χ4v) is 3.16. The van der Waals surface area contributed by atoms with Crippen molar-refractivity contribution < 1.29 is 13.9 Å². The number of hydrogen-bond donors (Lipinski definition) is 1. The number of methoxy groups -OCH3 is 1. The predicted molar refractivity (Wildman–Crippen MR) is 98.5 cm³/mol. The number of halogens is 2. The van der Waals surface area contributed by atoms with Gasteiger partial charge in [0.05, 0.1) is 23.3 Å².